The Morgan fingerprint density at radius 3 is 2.41 bits per heavy atom. The standard InChI is InChI=1S/C14H25N3/c1-6-9-15-14-11(5)12(8-3)16-13(17-14)10(4)7-2/h10H,6-9H2,1-5H3,(H,15,16,17). The molecule has 17 heavy (non-hydrogen) atoms. The van der Waals surface area contributed by atoms with Crippen molar-refractivity contribution in [2.45, 2.75) is 59.8 Å². The van der Waals surface area contributed by atoms with E-state index in [0.717, 1.165) is 37.4 Å². The monoisotopic (exact) mass is 235 g/mol. The van der Waals surface area contributed by atoms with Crippen molar-refractivity contribution >= 4 is 5.82 Å². The molecule has 1 aromatic rings. The molecule has 0 aliphatic rings. The summed E-state index contributed by atoms with van der Waals surface area (Å²) in [4.78, 5) is 9.35. The molecule has 1 atom stereocenters. The lowest BCUT2D eigenvalue weighted by Crippen LogP contribution is -2.11. The molecule has 96 valence electrons. The molecular weight excluding hydrogens is 210 g/mol. The lowest BCUT2D eigenvalue weighted by molar-refractivity contribution is 0.669. The Morgan fingerprint density at radius 1 is 1.18 bits per heavy atom. The molecule has 0 aromatic carbocycles. The number of aryl methyl sites for hydroxylation is 1. The van der Waals surface area contributed by atoms with Crippen LogP contribution in [0.1, 0.15) is 63.5 Å². The molecule has 1 heterocycles. The van der Waals surface area contributed by atoms with E-state index in [2.05, 4.69) is 49.9 Å². The first kappa shape index (κ1) is 13.9. The van der Waals surface area contributed by atoms with Crippen LogP contribution in [0.5, 0.6) is 0 Å². The second-order valence-corrected chi connectivity index (χ2v) is 4.59. The minimum Gasteiger partial charge on any atom is -0.370 e. The van der Waals surface area contributed by atoms with E-state index in [1.165, 1.54) is 11.3 Å². The predicted octanol–water partition coefficient (Wildman–Crippen LogP) is 3.68. The van der Waals surface area contributed by atoms with Crippen LogP contribution in [0.25, 0.3) is 0 Å². The van der Waals surface area contributed by atoms with E-state index in [1.807, 2.05) is 0 Å². The highest BCUT2D eigenvalue weighted by Crippen LogP contribution is 2.21. The smallest absolute Gasteiger partial charge is 0.133 e. The van der Waals surface area contributed by atoms with Crippen LogP contribution in [0, 0.1) is 6.92 Å². The molecule has 0 saturated carbocycles. The van der Waals surface area contributed by atoms with E-state index < -0.39 is 0 Å². The van der Waals surface area contributed by atoms with Crippen LogP contribution in [-0.4, -0.2) is 16.5 Å². The zero-order valence-electron chi connectivity index (χ0n) is 11.8. The topological polar surface area (TPSA) is 37.8 Å². The molecular formula is C14H25N3. The Bertz CT molecular complexity index is 361. The molecule has 0 amide bonds. The van der Waals surface area contributed by atoms with Crippen molar-refractivity contribution in [1.82, 2.24) is 9.97 Å². The molecule has 0 saturated heterocycles. The number of nitrogens with zero attached hydrogens (tertiary/aromatic N) is 2. The molecule has 0 radical (unpaired) electrons. The van der Waals surface area contributed by atoms with Gasteiger partial charge in [-0.3, -0.25) is 0 Å². The van der Waals surface area contributed by atoms with E-state index in [-0.39, 0.29) is 0 Å². The molecule has 3 nitrogen and oxygen atoms in total. The molecule has 1 unspecified atom stereocenters. The molecule has 1 N–H and O–H groups in total. The summed E-state index contributed by atoms with van der Waals surface area (Å²) in [7, 11) is 0. The third-order valence-electron chi connectivity index (χ3n) is 3.19. The molecule has 0 spiro atoms. The maximum atomic E-state index is 4.68. The van der Waals surface area contributed by atoms with Gasteiger partial charge in [-0.2, -0.15) is 0 Å². The van der Waals surface area contributed by atoms with Gasteiger partial charge in [0.2, 0.25) is 0 Å². The van der Waals surface area contributed by atoms with Gasteiger partial charge in [-0.15, -0.1) is 0 Å². The fourth-order valence-corrected chi connectivity index (χ4v) is 1.74. The van der Waals surface area contributed by atoms with Gasteiger partial charge >= 0.3 is 0 Å². The van der Waals surface area contributed by atoms with Crippen LogP contribution in [-0.2, 0) is 6.42 Å². The van der Waals surface area contributed by atoms with Gasteiger partial charge in [0.05, 0.1) is 0 Å². The summed E-state index contributed by atoms with van der Waals surface area (Å²) in [5, 5.41) is 3.41. The van der Waals surface area contributed by atoms with Gasteiger partial charge in [0.15, 0.2) is 0 Å². The number of nitrogens with one attached hydrogen (secondary N) is 1. The molecule has 0 aliphatic heterocycles. The van der Waals surface area contributed by atoms with E-state index in [1.54, 1.807) is 0 Å². The molecule has 1 aromatic heterocycles. The summed E-state index contributed by atoms with van der Waals surface area (Å²) in [6, 6.07) is 0. The summed E-state index contributed by atoms with van der Waals surface area (Å²) < 4.78 is 0. The molecule has 0 aliphatic carbocycles. The first-order chi connectivity index (χ1) is 8.13. The molecule has 0 fully saturated rings. The second-order valence-electron chi connectivity index (χ2n) is 4.59. The Kier molecular flexibility index (Phi) is 5.39. The van der Waals surface area contributed by atoms with E-state index in [0.29, 0.717) is 5.92 Å². The first-order valence-electron chi connectivity index (χ1n) is 6.75. The number of anilines is 1. The minimum absolute atomic E-state index is 0.433. The van der Waals surface area contributed by atoms with Crippen LogP contribution in [0.4, 0.5) is 5.82 Å². The van der Waals surface area contributed by atoms with Crippen LogP contribution in [0.2, 0.25) is 0 Å². The van der Waals surface area contributed by atoms with Crippen molar-refractivity contribution in [3.8, 4) is 0 Å². The number of hydrogen-bond acceptors (Lipinski definition) is 3. The summed E-state index contributed by atoms with van der Waals surface area (Å²) in [6.07, 6.45) is 3.17. The average Bonchev–Trinajstić information content (AvgIpc) is 2.36. The fraction of sp³-hybridized carbons (Fsp3) is 0.714. The predicted molar refractivity (Wildman–Crippen MR) is 73.6 cm³/mol. The second kappa shape index (κ2) is 6.58. The number of hydrogen-bond donors (Lipinski definition) is 1. The Hall–Kier alpha value is -1.12. The minimum atomic E-state index is 0.433. The highest BCUT2D eigenvalue weighted by atomic mass is 15.0. The maximum absolute atomic E-state index is 4.68. The summed E-state index contributed by atoms with van der Waals surface area (Å²) >= 11 is 0. The normalized spacial score (nSPS) is 12.5. The van der Waals surface area contributed by atoms with Crippen molar-refractivity contribution in [3.05, 3.63) is 17.1 Å². The maximum Gasteiger partial charge on any atom is 0.133 e. The summed E-state index contributed by atoms with van der Waals surface area (Å²) in [6.45, 7) is 11.8. The van der Waals surface area contributed by atoms with Gasteiger partial charge < -0.3 is 5.32 Å². The first-order valence-corrected chi connectivity index (χ1v) is 6.75. The summed E-state index contributed by atoms with van der Waals surface area (Å²) in [5.74, 6) is 2.44. The molecule has 1 rings (SSSR count). The van der Waals surface area contributed by atoms with Crippen molar-refractivity contribution < 1.29 is 0 Å². The third-order valence-corrected chi connectivity index (χ3v) is 3.19. The van der Waals surface area contributed by atoms with Gasteiger partial charge in [0, 0.05) is 23.7 Å². The van der Waals surface area contributed by atoms with E-state index in [9.17, 15) is 0 Å². The van der Waals surface area contributed by atoms with Crippen molar-refractivity contribution in [2.24, 2.45) is 0 Å². The summed E-state index contributed by atoms with van der Waals surface area (Å²) in [5.41, 5.74) is 2.38. The third kappa shape index (κ3) is 3.42. The largest absolute Gasteiger partial charge is 0.370 e. The number of aromatic nitrogens is 2. The van der Waals surface area contributed by atoms with Gasteiger partial charge in [-0.1, -0.05) is 27.7 Å². The molecule has 3 heteroatoms. The van der Waals surface area contributed by atoms with E-state index >= 15 is 0 Å². The number of rotatable bonds is 6. The highest BCUT2D eigenvalue weighted by molar-refractivity contribution is 5.46. The van der Waals surface area contributed by atoms with Gasteiger partial charge in [-0.05, 0) is 26.2 Å². The Balaban J connectivity index is 3.09. The van der Waals surface area contributed by atoms with Crippen molar-refractivity contribution in [3.63, 3.8) is 0 Å². The highest BCUT2D eigenvalue weighted by Gasteiger charge is 2.13. The molecule has 0 bridgehead atoms. The average molecular weight is 235 g/mol. The zero-order valence-corrected chi connectivity index (χ0v) is 11.8. The quantitative estimate of drug-likeness (QED) is 0.817. The van der Waals surface area contributed by atoms with Gasteiger partial charge in [0.25, 0.3) is 0 Å². The van der Waals surface area contributed by atoms with Crippen molar-refractivity contribution in [2.75, 3.05) is 11.9 Å². The van der Waals surface area contributed by atoms with Crippen LogP contribution in [0.15, 0.2) is 0 Å². The lowest BCUT2D eigenvalue weighted by Gasteiger charge is -2.15. The van der Waals surface area contributed by atoms with Gasteiger partial charge in [0.1, 0.15) is 11.6 Å². The Labute approximate surface area is 105 Å². The van der Waals surface area contributed by atoms with Crippen LogP contribution < -0.4 is 5.32 Å². The fourth-order valence-electron chi connectivity index (χ4n) is 1.74. The van der Waals surface area contributed by atoms with Crippen LogP contribution >= 0.6 is 0 Å². The van der Waals surface area contributed by atoms with Crippen molar-refractivity contribution in [1.29, 1.82) is 0 Å². The zero-order chi connectivity index (χ0) is 12.8. The lowest BCUT2D eigenvalue weighted by atomic mass is 10.1. The van der Waals surface area contributed by atoms with Gasteiger partial charge in [-0.25, -0.2) is 9.97 Å². The van der Waals surface area contributed by atoms with E-state index in [4.69, 9.17) is 0 Å². The van der Waals surface area contributed by atoms with Crippen LogP contribution in [0.3, 0.4) is 0 Å². The Morgan fingerprint density at radius 2 is 1.88 bits per heavy atom. The SMILES string of the molecule is CCCNc1nc(C(C)CC)nc(CC)c1C.